The molecule has 28 heavy (non-hydrogen) atoms. The van der Waals surface area contributed by atoms with E-state index in [4.69, 9.17) is 4.74 Å². The Balaban J connectivity index is 1.57. The average Bonchev–Trinajstić information content (AvgIpc) is 2.71. The molecule has 2 aromatic carbocycles. The lowest BCUT2D eigenvalue weighted by Crippen LogP contribution is -1.98. The molecule has 2 heteroatoms. The number of anilines is 2. The van der Waals surface area contributed by atoms with Gasteiger partial charge >= 0.3 is 0 Å². The summed E-state index contributed by atoms with van der Waals surface area (Å²) < 4.78 is 5.90. The summed E-state index contributed by atoms with van der Waals surface area (Å²) in [5.41, 5.74) is 4.87. The van der Waals surface area contributed by atoms with E-state index in [9.17, 15) is 0 Å². The first-order valence-corrected chi connectivity index (χ1v) is 11.3. The van der Waals surface area contributed by atoms with Crippen LogP contribution in [-0.2, 0) is 0 Å². The van der Waals surface area contributed by atoms with E-state index in [0.29, 0.717) is 0 Å². The number of aryl methyl sites for hydroxylation is 1. The van der Waals surface area contributed by atoms with Crippen molar-refractivity contribution in [1.82, 2.24) is 0 Å². The van der Waals surface area contributed by atoms with Crippen LogP contribution >= 0.6 is 0 Å². The van der Waals surface area contributed by atoms with Crippen molar-refractivity contribution in [2.45, 2.75) is 85.0 Å². The highest BCUT2D eigenvalue weighted by Crippen LogP contribution is 2.24. The van der Waals surface area contributed by atoms with Crippen molar-refractivity contribution in [3.63, 3.8) is 0 Å². The van der Waals surface area contributed by atoms with Gasteiger partial charge in [-0.25, -0.2) is 0 Å². The van der Waals surface area contributed by atoms with E-state index < -0.39 is 0 Å². The average molecular weight is 382 g/mol. The summed E-state index contributed by atoms with van der Waals surface area (Å²) >= 11 is 0. The first kappa shape index (κ1) is 22.3. The molecule has 0 aliphatic rings. The Kier molecular flexibility index (Phi) is 10.6. The second kappa shape index (κ2) is 13.3. The largest absolute Gasteiger partial charge is 0.494 e. The van der Waals surface area contributed by atoms with Crippen LogP contribution in [0.15, 0.2) is 42.5 Å². The van der Waals surface area contributed by atoms with Gasteiger partial charge in [0.2, 0.25) is 0 Å². The summed E-state index contributed by atoms with van der Waals surface area (Å²) in [6.07, 6.45) is 13.6. The van der Waals surface area contributed by atoms with Crippen LogP contribution in [0.1, 0.15) is 82.3 Å². The zero-order chi connectivity index (χ0) is 20.0. The standard InChI is InChI=1S/C26H39NO/c1-4-5-6-7-8-9-10-11-12-13-21-28-25-19-17-24(18-20-25)27-26-16-14-15-22(2)23(26)3/h14-20,27H,4-13,21H2,1-3H3. The summed E-state index contributed by atoms with van der Waals surface area (Å²) in [6.45, 7) is 7.40. The predicted molar refractivity (Wildman–Crippen MR) is 123 cm³/mol. The molecule has 0 unspecified atom stereocenters. The molecule has 0 fully saturated rings. The molecular formula is C26H39NO. The highest BCUT2D eigenvalue weighted by molar-refractivity contribution is 5.64. The molecule has 0 aromatic heterocycles. The second-order valence-corrected chi connectivity index (χ2v) is 7.93. The fraction of sp³-hybridized carbons (Fsp3) is 0.538. The van der Waals surface area contributed by atoms with E-state index >= 15 is 0 Å². The lowest BCUT2D eigenvalue weighted by atomic mass is 10.1. The van der Waals surface area contributed by atoms with Crippen molar-refractivity contribution in [3.8, 4) is 5.75 Å². The zero-order valence-corrected chi connectivity index (χ0v) is 18.2. The van der Waals surface area contributed by atoms with Crippen molar-refractivity contribution in [2.75, 3.05) is 11.9 Å². The molecule has 154 valence electrons. The summed E-state index contributed by atoms with van der Waals surface area (Å²) in [6, 6.07) is 14.7. The molecule has 0 aliphatic carbocycles. The lowest BCUT2D eigenvalue weighted by Gasteiger charge is -2.12. The first-order chi connectivity index (χ1) is 13.7. The summed E-state index contributed by atoms with van der Waals surface area (Å²) in [5.74, 6) is 0.961. The van der Waals surface area contributed by atoms with Crippen LogP contribution in [0.3, 0.4) is 0 Å². The fourth-order valence-electron chi connectivity index (χ4n) is 3.46. The van der Waals surface area contributed by atoms with E-state index in [1.165, 1.54) is 74.6 Å². The van der Waals surface area contributed by atoms with Gasteiger partial charge in [-0.1, -0.05) is 76.8 Å². The minimum atomic E-state index is 0.820. The van der Waals surface area contributed by atoms with E-state index in [1.54, 1.807) is 0 Å². The van der Waals surface area contributed by atoms with Crippen molar-refractivity contribution in [1.29, 1.82) is 0 Å². The monoisotopic (exact) mass is 381 g/mol. The number of nitrogens with one attached hydrogen (secondary N) is 1. The van der Waals surface area contributed by atoms with Gasteiger partial charge in [0.25, 0.3) is 0 Å². The molecule has 2 nitrogen and oxygen atoms in total. The number of hydrogen-bond donors (Lipinski definition) is 1. The van der Waals surface area contributed by atoms with E-state index in [2.05, 4.69) is 68.6 Å². The molecule has 0 radical (unpaired) electrons. The van der Waals surface area contributed by atoms with E-state index in [0.717, 1.165) is 24.5 Å². The number of ether oxygens (including phenoxy) is 1. The third kappa shape index (κ3) is 8.37. The molecule has 0 atom stereocenters. The SMILES string of the molecule is CCCCCCCCCCCCOc1ccc(Nc2cccc(C)c2C)cc1. The predicted octanol–water partition coefficient (Wildman–Crippen LogP) is 8.35. The fourth-order valence-corrected chi connectivity index (χ4v) is 3.46. The summed E-state index contributed by atoms with van der Waals surface area (Å²) in [7, 11) is 0. The molecule has 0 aliphatic heterocycles. The van der Waals surface area contributed by atoms with Gasteiger partial charge in [0.15, 0.2) is 0 Å². The Morgan fingerprint density at radius 2 is 1.32 bits per heavy atom. The maximum absolute atomic E-state index is 5.90. The molecule has 0 saturated heterocycles. The Hall–Kier alpha value is -1.96. The van der Waals surface area contributed by atoms with Gasteiger partial charge in [0.1, 0.15) is 5.75 Å². The van der Waals surface area contributed by atoms with Gasteiger partial charge in [-0.2, -0.15) is 0 Å². The number of rotatable bonds is 14. The summed E-state index contributed by atoms with van der Waals surface area (Å²) in [4.78, 5) is 0. The van der Waals surface area contributed by atoms with Crippen molar-refractivity contribution >= 4 is 11.4 Å². The van der Waals surface area contributed by atoms with Crippen LogP contribution in [0.25, 0.3) is 0 Å². The van der Waals surface area contributed by atoms with Gasteiger partial charge in [0.05, 0.1) is 6.61 Å². The Morgan fingerprint density at radius 3 is 1.96 bits per heavy atom. The van der Waals surface area contributed by atoms with Gasteiger partial charge in [-0.05, 0) is 61.7 Å². The number of hydrogen-bond acceptors (Lipinski definition) is 2. The minimum Gasteiger partial charge on any atom is -0.494 e. The molecule has 2 aromatic rings. The van der Waals surface area contributed by atoms with Crippen molar-refractivity contribution in [2.24, 2.45) is 0 Å². The van der Waals surface area contributed by atoms with Crippen molar-refractivity contribution in [3.05, 3.63) is 53.6 Å². The minimum absolute atomic E-state index is 0.820. The van der Waals surface area contributed by atoms with Gasteiger partial charge in [-0.15, -0.1) is 0 Å². The number of benzene rings is 2. The van der Waals surface area contributed by atoms with Gasteiger partial charge in [-0.3, -0.25) is 0 Å². The quantitative estimate of drug-likeness (QED) is 0.332. The molecular weight excluding hydrogens is 342 g/mol. The highest BCUT2D eigenvalue weighted by atomic mass is 16.5. The van der Waals surface area contributed by atoms with Gasteiger partial charge < -0.3 is 10.1 Å². The lowest BCUT2D eigenvalue weighted by molar-refractivity contribution is 0.304. The van der Waals surface area contributed by atoms with Crippen LogP contribution in [-0.4, -0.2) is 6.61 Å². The third-order valence-corrected chi connectivity index (χ3v) is 5.50. The summed E-state index contributed by atoms with van der Waals surface area (Å²) in [5, 5.41) is 3.50. The molecule has 0 amide bonds. The maximum Gasteiger partial charge on any atom is 0.119 e. The zero-order valence-electron chi connectivity index (χ0n) is 18.2. The Morgan fingerprint density at radius 1 is 0.714 bits per heavy atom. The van der Waals surface area contributed by atoms with Crippen LogP contribution in [0.5, 0.6) is 5.75 Å². The van der Waals surface area contributed by atoms with Crippen molar-refractivity contribution < 1.29 is 4.74 Å². The number of unbranched alkanes of at least 4 members (excludes halogenated alkanes) is 9. The van der Waals surface area contributed by atoms with E-state index in [1.807, 2.05) is 0 Å². The van der Waals surface area contributed by atoms with Crippen LogP contribution in [0.2, 0.25) is 0 Å². The smallest absolute Gasteiger partial charge is 0.119 e. The van der Waals surface area contributed by atoms with Gasteiger partial charge in [0, 0.05) is 11.4 Å². The van der Waals surface area contributed by atoms with Crippen LogP contribution < -0.4 is 10.1 Å². The second-order valence-electron chi connectivity index (χ2n) is 7.93. The topological polar surface area (TPSA) is 21.3 Å². The van der Waals surface area contributed by atoms with E-state index in [-0.39, 0.29) is 0 Å². The van der Waals surface area contributed by atoms with Crippen LogP contribution in [0, 0.1) is 13.8 Å². The first-order valence-electron chi connectivity index (χ1n) is 11.3. The Bertz CT molecular complexity index is 663. The molecule has 0 spiro atoms. The molecule has 2 rings (SSSR count). The van der Waals surface area contributed by atoms with Crippen LogP contribution in [0.4, 0.5) is 11.4 Å². The molecule has 0 bridgehead atoms. The highest BCUT2D eigenvalue weighted by Gasteiger charge is 2.02. The molecule has 0 heterocycles. The molecule has 0 saturated carbocycles. The maximum atomic E-state index is 5.90. The Labute approximate surface area is 172 Å². The molecule has 1 N–H and O–H groups in total. The normalized spacial score (nSPS) is 10.8. The third-order valence-electron chi connectivity index (χ3n) is 5.50.